The Morgan fingerprint density at radius 3 is 2.65 bits per heavy atom. The van der Waals surface area contributed by atoms with Gasteiger partial charge in [0.25, 0.3) is 0 Å². The summed E-state index contributed by atoms with van der Waals surface area (Å²) in [6, 6.07) is 13.9. The fraction of sp³-hybridized carbons (Fsp3) is 0.0769. The third kappa shape index (κ3) is 1.79. The van der Waals surface area contributed by atoms with Gasteiger partial charge in [0, 0.05) is 0 Å². The van der Waals surface area contributed by atoms with Gasteiger partial charge in [-0.3, -0.25) is 0 Å². The van der Waals surface area contributed by atoms with E-state index < -0.39 is 0 Å². The summed E-state index contributed by atoms with van der Waals surface area (Å²) in [5, 5.41) is 6.11. The number of rotatable bonds is 2. The van der Waals surface area contributed by atoms with Gasteiger partial charge in [-0.15, -0.1) is 0 Å². The molecule has 0 aliphatic carbocycles. The highest BCUT2D eigenvalue weighted by Crippen LogP contribution is 2.21. The molecule has 4 nitrogen and oxygen atoms in total. The molecule has 0 spiro atoms. The Bertz CT molecular complexity index is 634. The van der Waals surface area contributed by atoms with E-state index in [1.54, 1.807) is 0 Å². The molecule has 3 rings (SSSR count). The second-order valence-corrected chi connectivity index (χ2v) is 3.87. The van der Waals surface area contributed by atoms with Crippen LogP contribution < -0.4 is 5.73 Å². The molecule has 0 aliphatic heterocycles. The zero-order chi connectivity index (χ0) is 11.7. The molecule has 4 heteroatoms. The number of aromatic nitrogens is 2. The molecule has 1 unspecified atom stereocenters. The van der Waals surface area contributed by atoms with Crippen LogP contribution in [0.1, 0.15) is 17.4 Å². The lowest BCUT2D eigenvalue weighted by Crippen LogP contribution is -2.13. The van der Waals surface area contributed by atoms with Crippen molar-refractivity contribution in [3.8, 4) is 0 Å². The minimum Gasteiger partial charge on any atom is -0.343 e. The Morgan fingerprint density at radius 2 is 1.88 bits per heavy atom. The molecular weight excluding hydrogens is 214 g/mol. The van der Waals surface area contributed by atoms with Crippen LogP contribution in [0.5, 0.6) is 0 Å². The van der Waals surface area contributed by atoms with E-state index in [0.29, 0.717) is 5.82 Å². The summed E-state index contributed by atoms with van der Waals surface area (Å²) in [6.45, 7) is 0. The Balaban J connectivity index is 2.06. The lowest BCUT2D eigenvalue weighted by molar-refractivity contribution is 0.407. The highest BCUT2D eigenvalue weighted by Gasteiger charge is 2.13. The van der Waals surface area contributed by atoms with Gasteiger partial charge in [0.2, 0.25) is 6.39 Å². The van der Waals surface area contributed by atoms with E-state index in [1.165, 1.54) is 11.8 Å². The number of fused-ring (bicyclic) bond motifs is 1. The molecule has 2 aromatic carbocycles. The largest absolute Gasteiger partial charge is 0.343 e. The van der Waals surface area contributed by atoms with E-state index in [1.807, 2.05) is 24.3 Å². The van der Waals surface area contributed by atoms with Gasteiger partial charge in [0.05, 0.1) is 6.04 Å². The maximum Gasteiger partial charge on any atom is 0.213 e. The molecule has 0 radical (unpaired) electrons. The van der Waals surface area contributed by atoms with Crippen molar-refractivity contribution < 1.29 is 4.52 Å². The molecule has 0 fully saturated rings. The summed E-state index contributed by atoms with van der Waals surface area (Å²) in [6.07, 6.45) is 1.29. The Hall–Kier alpha value is -2.20. The third-order valence-electron chi connectivity index (χ3n) is 2.79. The zero-order valence-corrected chi connectivity index (χ0v) is 9.08. The van der Waals surface area contributed by atoms with Gasteiger partial charge in [-0.25, -0.2) is 0 Å². The minimum atomic E-state index is -0.349. The van der Waals surface area contributed by atoms with Crippen LogP contribution in [0.4, 0.5) is 0 Å². The molecule has 0 saturated heterocycles. The molecule has 0 bridgehead atoms. The molecule has 17 heavy (non-hydrogen) atoms. The first kappa shape index (κ1) is 9.99. The van der Waals surface area contributed by atoms with Gasteiger partial charge in [0.1, 0.15) is 0 Å². The van der Waals surface area contributed by atoms with Crippen LogP contribution in [0.2, 0.25) is 0 Å². The normalized spacial score (nSPS) is 12.8. The average molecular weight is 225 g/mol. The third-order valence-corrected chi connectivity index (χ3v) is 2.79. The molecule has 0 aliphatic rings. The summed E-state index contributed by atoms with van der Waals surface area (Å²) in [5.41, 5.74) is 7.04. The molecule has 84 valence electrons. The van der Waals surface area contributed by atoms with Gasteiger partial charge >= 0.3 is 0 Å². The molecule has 1 aromatic heterocycles. The smallest absolute Gasteiger partial charge is 0.213 e. The molecule has 1 heterocycles. The summed E-state index contributed by atoms with van der Waals surface area (Å²) in [7, 11) is 0. The minimum absolute atomic E-state index is 0.349. The summed E-state index contributed by atoms with van der Waals surface area (Å²) in [4.78, 5) is 3.97. The molecule has 2 N–H and O–H groups in total. The first-order valence-corrected chi connectivity index (χ1v) is 5.35. The average Bonchev–Trinajstić information content (AvgIpc) is 2.91. The summed E-state index contributed by atoms with van der Waals surface area (Å²) >= 11 is 0. The van der Waals surface area contributed by atoms with Crippen LogP contribution in [0.15, 0.2) is 53.4 Å². The van der Waals surface area contributed by atoms with Crippen LogP contribution in [0.25, 0.3) is 10.8 Å². The molecule has 3 aromatic rings. The molecular formula is C13H11N3O. The van der Waals surface area contributed by atoms with Gasteiger partial charge in [-0.05, 0) is 22.4 Å². The second-order valence-electron chi connectivity index (χ2n) is 3.87. The lowest BCUT2D eigenvalue weighted by Gasteiger charge is -2.08. The number of hydrogen-bond acceptors (Lipinski definition) is 4. The van der Waals surface area contributed by atoms with Gasteiger partial charge in [-0.2, -0.15) is 4.98 Å². The standard InChI is InChI=1S/C13H11N3O/c14-12(13-15-8-17-16-13)11-6-5-9-3-1-2-4-10(9)7-11/h1-8,12H,14H2. The van der Waals surface area contributed by atoms with Crippen molar-refractivity contribution in [1.82, 2.24) is 10.1 Å². The van der Waals surface area contributed by atoms with Crippen molar-refractivity contribution in [2.24, 2.45) is 5.73 Å². The van der Waals surface area contributed by atoms with Crippen molar-refractivity contribution in [2.75, 3.05) is 0 Å². The second kappa shape index (κ2) is 3.99. The van der Waals surface area contributed by atoms with Crippen molar-refractivity contribution in [1.29, 1.82) is 0 Å². The van der Waals surface area contributed by atoms with E-state index in [4.69, 9.17) is 10.3 Å². The van der Waals surface area contributed by atoms with Crippen LogP contribution in [-0.4, -0.2) is 10.1 Å². The van der Waals surface area contributed by atoms with Gasteiger partial charge in [-0.1, -0.05) is 41.6 Å². The maximum atomic E-state index is 6.07. The monoisotopic (exact) mass is 225 g/mol. The number of benzene rings is 2. The summed E-state index contributed by atoms with van der Waals surface area (Å²) in [5.74, 6) is 0.500. The number of nitrogens with zero attached hydrogens (tertiary/aromatic N) is 2. The topological polar surface area (TPSA) is 64.9 Å². The molecule has 1 atom stereocenters. The predicted molar refractivity (Wildman–Crippen MR) is 64.3 cm³/mol. The number of nitrogens with two attached hydrogens (primary N) is 1. The fourth-order valence-corrected chi connectivity index (χ4v) is 1.87. The number of hydrogen-bond donors (Lipinski definition) is 1. The first-order chi connectivity index (χ1) is 8.34. The fourth-order valence-electron chi connectivity index (χ4n) is 1.87. The quantitative estimate of drug-likeness (QED) is 0.726. The van der Waals surface area contributed by atoms with Crippen molar-refractivity contribution >= 4 is 10.8 Å². The van der Waals surface area contributed by atoms with Crippen LogP contribution in [0.3, 0.4) is 0 Å². The van der Waals surface area contributed by atoms with Gasteiger partial charge < -0.3 is 10.3 Å². The van der Waals surface area contributed by atoms with Crippen molar-refractivity contribution in [2.45, 2.75) is 6.04 Å². The van der Waals surface area contributed by atoms with E-state index in [9.17, 15) is 0 Å². The van der Waals surface area contributed by atoms with E-state index >= 15 is 0 Å². The first-order valence-electron chi connectivity index (χ1n) is 5.35. The van der Waals surface area contributed by atoms with Crippen LogP contribution in [-0.2, 0) is 0 Å². The predicted octanol–water partition coefficient (Wildman–Crippen LogP) is 2.27. The lowest BCUT2D eigenvalue weighted by atomic mass is 10.0. The van der Waals surface area contributed by atoms with E-state index in [0.717, 1.165) is 10.9 Å². The zero-order valence-electron chi connectivity index (χ0n) is 9.08. The summed E-state index contributed by atoms with van der Waals surface area (Å²) < 4.78 is 4.70. The SMILES string of the molecule is NC(c1ccc2ccccc2c1)c1ncon1. The molecule has 0 saturated carbocycles. The van der Waals surface area contributed by atoms with E-state index in [2.05, 4.69) is 28.3 Å². The highest BCUT2D eigenvalue weighted by molar-refractivity contribution is 5.83. The highest BCUT2D eigenvalue weighted by atomic mass is 16.5. The van der Waals surface area contributed by atoms with E-state index in [-0.39, 0.29) is 6.04 Å². The Labute approximate surface area is 98.1 Å². The maximum absolute atomic E-state index is 6.07. The van der Waals surface area contributed by atoms with Crippen LogP contribution in [0, 0.1) is 0 Å². The molecule has 0 amide bonds. The van der Waals surface area contributed by atoms with Gasteiger partial charge in [0.15, 0.2) is 5.82 Å². The Morgan fingerprint density at radius 1 is 1.06 bits per heavy atom. The van der Waals surface area contributed by atoms with Crippen molar-refractivity contribution in [3.05, 3.63) is 60.2 Å². The Kier molecular flexibility index (Phi) is 2.34. The van der Waals surface area contributed by atoms with Crippen molar-refractivity contribution in [3.63, 3.8) is 0 Å². The van der Waals surface area contributed by atoms with Crippen LogP contribution >= 0.6 is 0 Å².